The van der Waals surface area contributed by atoms with Crippen molar-refractivity contribution in [3.63, 3.8) is 0 Å². The highest BCUT2D eigenvalue weighted by atomic mass is 16.4. The maximum absolute atomic E-state index is 13.0. The van der Waals surface area contributed by atoms with E-state index in [2.05, 4.69) is 30.9 Å². The molecular weight excluding hydrogens is 474 g/mol. The molecule has 36 heavy (non-hydrogen) atoms. The second-order valence-electron chi connectivity index (χ2n) is 8.69. The van der Waals surface area contributed by atoms with Crippen LogP contribution in [0.5, 0.6) is 0 Å². The number of carbonyl (C=O) groups is 4. The fourth-order valence-corrected chi connectivity index (χ4v) is 3.19. The number of aliphatic hydroxyl groups excluding tert-OH is 1. The second kappa shape index (κ2) is 14.6. The average Bonchev–Trinajstić information content (AvgIpc) is 3.29. The van der Waals surface area contributed by atoms with Gasteiger partial charge in [0.05, 0.1) is 18.5 Å². The third kappa shape index (κ3) is 10.3. The van der Waals surface area contributed by atoms with Crippen molar-refractivity contribution in [2.75, 3.05) is 6.54 Å². The van der Waals surface area contributed by atoms with Crippen LogP contribution >= 0.6 is 0 Å². The largest absolute Gasteiger partial charge is 0.480 e. The van der Waals surface area contributed by atoms with Gasteiger partial charge in [0.2, 0.25) is 17.7 Å². The van der Waals surface area contributed by atoms with Crippen LogP contribution in [0.3, 0.4) is 0 Å². The van der Waals surface area contributed by atoms with Crippen LogP contribution in [0, 0.1) is 5.92 Å². The summed E-state index contributed by atoms with van der Waals surface area (Å²) in [6, 6.07) is -4.86. The summed E-state index contributed by atoms with van der Waals surface area (Å²) in [6.45, 7) is 4.69. The van der Waals surface area contributed by atoms with E-state index in [4.69, 9.17) is 17.2 Å². The highest BCUT2D eigenvalue weighted by Gasteiger charge is 2.33. The Balaban J connectivity index is 2.95. The molecule has 1 heterocycles. The molecule has 0 fully saturated rings. The lowest BCUT2D eigenvalue weighted by Gasteiger charge is -2.27. The molecule has 15 heteroatoms. The zero-order valence-electron chi connectivity index (χ0n) is 20.6. The number of aliphatic hydroxyl groups is 1. The first-order valence-corrected chi connectivity index (χ1v) is 11.4. The molecule has 0 radical (unpaired) electrons. The van der Waals surface area contributed by atoms with Crippen molar-refractivity contribution in [1.82, 2.24) is 25.9 Å². The van der Waals surface area contributed by atoms with Gasteiger partial charge in [-0.05, 0) is 25.7 Å². The van der Waals surface area contributed by atoms with E-state index in [0.29, 0.717) is 5.69 Å². The van der Waals surface area contributed by atoms with Crippen molar-refractivity contribution >= 4 is 29.7 Å². The summed E-state index contributed by atoms with van der Waals surface area (Å²) < 4.78 is 0. The normalized spacial score (nSPS) is 15.2. The number of carboxylic acids is 1. The summed E-state index contributed by atoms with van der Waals surface area (Å²) in [6.07, 6.45) is 2.04. The number of hydrogen-bond acceptors (Lipinski definition) is 8. The second-order valence-corrected chi connectivity index (χ2v) is 8.69. The molecule has 0 saturated heterocycles. The lowest BCUT2D eigenvalue weighted by Crippen LogP contribution is -2.60. The number of aliphatic imine (C=N–C) groups is 1. The van der Waals surface area contributed by atoms with E-state index in [-0.39, 0.29) is 31.8 Å². The maximum atomic E-state index is 13.0. The van der Waals surface area contributed by atoms with E-state index in [1.165, 1.54) is 19.4 Å². The average molecular weight is 512 g/mol. The molecular formula is C21H37N9O6. The molecule has 0 bridgehead atoms. The molecule has 3 amide bonds. The van der Waals surface area contributed by atoms with Gasteiger partial charge < -0.3 is 48.3 Å². The number of rotatable bonds is 15. The predicted molar refractivity (Wildman–Crippen MR) is 130 cm³/mol. The summed E-state index contributed by atoms with van der Waals surface area (Å²) in [5.74, 6) is -4.11. The van der Waals surface area contributed by atoms with E-state index in [1.807, 2.05) is 0 Å². The van der Waals surface area contributed by atoms with Gasteiger partial charge in [0.1, 0.15) is 18.1 Å². The molecule has 12 N–H and O–H groups in total. The highest BCUT2D eigenvalue weighted by molar-refractivity contribution is 5.94. The summed E-state index contributed by atoms with van der Waals surface area (Å²) >= 11 is 0. The fourth-order valence-electron chi connectivity index (χ4n) is 3.19. The zero-order valence-corrected chi connectivity index (χ0v) is 20.6. The van der Waals surface area contributed by atoms with Crippen molar-refractivity contribution < 1.29 is 29.4 Å². The third-order valence-corrected chi connectivity index (χ3v) is 5.20. The Morgan fingerprint density at radius 1 is 1.06 bits per heavy atom. The molecule has 15 nitrogen and oxygen atoms in total. The van der Waals surface area contributed by atoms with Gasteiger partial charge in [-0.3, -0.25) is 19.4 Å². The lowest BCUT2D eigenvalue weighted by molar-refractivity contribution is -0.143. The molecule has 0 aliphatic heterocycles. The van der Waals surface area contributed by atoms with E-state index < -0.39 is 59.9 Å². The quantitative estimate of drug-likeness (QED) is 0.0650. The Morgan fingerprint density at radius 2 is 1.69 bits per heavy atom. The van der Waals surface area contributed by atoms with E-state index in [0.717, 1.165) is 0 Å². The minimum Gasteiger partial charge on any atom is -0.480 e. The summed E-state index contributed by atoms with van der Waals surface area (Å²) in [5, 5.41) is 26.8. The van der Waals surface area contributed by atoms with Crippen LogP contribution in [0.2, 0.25) is 0 Å². The number of aromatic nitrogens is 2. The number of amides is 3. The Hall–Kier alpha value is -3.72. The van der Waals surface area contributed by atoms with Crippen LogP contribution in [0.4, 0.5) is 0 Å². The van der Waals surface area contributed by atoms with Crippen molar-refractivity contribution in [1.29, 1.82) is 0 Å². The van der Waals surface area contributed by atoms with Gasteiger partial charge in [0.15, 0.2) is 5.96 Å². The third-order valence-electron chi connectivity index (χ3n) is 5.20. The monoisotopic (exact) mass is 511 g/mol. The molecule has 0 aliphatic carbocycles. The number of carboxylic acid groups (broad SMARTS) is 1. The molecule has 1 rings (SSSR count). The maximum Gasteiger partial charge on any atom is 0.326 e. The molecule has 202 valence electrons. The molecule has 0 aromatic carbocycles. The van der Waals surface area contributed by atoms with Crippen molar-refractivity contribution in [2.45, 2.75) is 70.3 Å². The molecule has 0 spiro atoms. The number of carbonyl (C=O) groups excluding carboxylic acids is 3. The van der Waals surface area contributed by atoms with Gasteiger partial charge in [-0.15, -0.1) is 0 Å². The Morgan fingerprint density at radius 3 is 2.19 bits per heavy atom. The number of aliphatic carboxylic acids is 1. The summed E-state index contributed by atoms with van der Waals surface area (Å²) in [7, 11) is 0. The highest BCUT2D eigenvalue weighted by Crippen LogP contribution is 2.06. The molecule has 1 aromatic heterocycles. The number of nitrogens with two attached hydrogens (primary N) is 3. The predicted octanol–water partition coefficient (Wildman–Crippen LogP) is -3.09. The van der Waals surface area contributed by atoms with Crippen molar-refractivity contribution in [3.05, 3.63) is 18.2 Å². The molecule has 1 aromatic rings. The van der Waals surface area contributed by atoms with Crippen LogP contribution in [0.15, 0.2) is 17.5 Å². The van der Waals surface area contributed by atoms with Gasteiger partial charge in [-0.25, -0.2) is 9.78 Å². The van der Waals surface area contributed by atoms with E-state index in [1.54, 1.807) is 13.8 Å². The molecule has 0 saturated carbocycles. The zero-order chi connectivity index (χ0) is 27.4. The minimum atomic E-state index is -1.43. The molecule has 5 unspecified atom stereocenters. The van der Waals surface area contributed by atoms with Crippen LogP contribution in [-0.2, 0) is 25.6 Å². The van der Waals surface area contributed by atoms with Gasteiger partial charge in [0, 0.05) is 24.9 Å². The topological polar surface area (TPSA) is 264 Å². The first-order chi connectivity index (χ1) is 16.8. The summed E-state index contributed by atoms with van der Waals surface area (Å²) in [5.41, 5.74) is 17.1. The Bertz CT molecular complexity index is 900. The molecule has 5 atom stereocenters. The number of nitrogens with one attached hydrogen (secondary N) is 4. The summed E-state index contributed by atoms with van der Waals surface area (Å²) in [4.78, 5) is 60.3. The fraction of sp³-hybridized carbons (Fsp3) is 0.619. The van der Waals surface area contributed by atoms with Crippen LogP contribution in [0.25, 0.3) is 0 Å². The number of H-pyrrole nitrogens is 1. The van der Waals surface area contributed by atoms with E-state index >= 15 is 0 Å². The van der Waals surface area contributed by atoms with Gasteiger partial charge in [0.25, 0.3) is 0 Å². The van der Waals surface area contributed by atoms with Crippen molar-refractivity contribution in [2.24, 2.45) is 28.1 Å². The van der Waals surface area contributed by atoms with Crippen molar-refractivity contribution in [3.8, 4) is 0 Å². The standard InChI is InChI=1S/C21H37N9O6/c1-10(2)15(20(35)36)29-18(33)14(5-4-6-26-21(23)24)28-19(34)16(11(3)31)30-17(32)13(22)7-12-8-25-9-27-12/h8-11,13-16,31H,4-7,22H2,1-3H3,(H,25,27)(H,28,34)(H,29,33)(H,30,32)(H,35,36)(H4,23,24,26). The van der Waals surface area contributed by atoms with Crippen LogP contribution in [0.1, 0.15) is 39.3 Å². The number of guanidine groups is 1. The lowest BCUT2D eigenvalue weighted by atomic mass is 10.0. The smallest absolute Gasteiger partial charge is 0.326 e. The van der Waals surface area contributed by atoms with Crippen LogP contribution < -0.4 is 33.2 Å². The van der Waals surface area contributed by atoms with Gasteiger partial charge in [-0.1, -0.05) is 13.8 Å². The number of nitrogens with zero attached hydrogens (tertiary/aromatic N) is 2. The Labute approximate surface area is 208 Å². The first-order valence-electron chi connectivity index (χ1n) is 11.4. The minimum absolute atomic E-state index is 0.0542. The first kappa shape index (κ1) is 30.3. The number of imidazole rings is 1. The number of hydrogen-bond donors (Lipinski definition) is 9. The Kier molecular flexibility index (Phi) is 12.3. The van der Waals surface area contributed by atoms with Crippen LogP contribution in [-0.4, -0.2) is 86.6 Å². The van der Waals surface area contributed by atoms with Gasteiger partial charge >= 0.3 is 5.97 Å². The number of aromatic amines is 1. The van der Waals surface area contributed by atoms with E-state index in [9.17, 15) is 29.4 Å². The SMILES string of the molecule is CC(C)C(NC(=O)C(CCCN=C(N)N)NC(=O)C(NC(=O)C(N)Cc1cnc[nH]1)C(C)O)C(=O)O. The van der Waals surface area contributed by atoms with Gasteiger partial charge in [-0.2, -0.15) is 0 Å². The molecule has 0 aliphatic rings.